The number of carbonyl (C=O) groups is 1. The minimum atomic E-state index is -0.571. The number of rotatable bonds is 3. The third-order valence-electron chi connectivity index (χ3n) is 2.40. The summed E-state index contributed by atoms with van der Waals surface area (Å²) in [5.74, 6) is -0.928. The Hall–Kier alpha value is -0.610. The van der Waals surface area contributed by atoms with Crippen LogP contribution in [0.2, 0.25) is 0 Å². The summed E-state index contributed by atoms with van der Waals surface area (Å²) in [7, 11) is 1.35. The van der Waals surface area contributed by atoms with Crippen molar-refractivity contribution in [3.05, 3.63) is 0 Å². The van der Waals surface area contributed by atoms with Gasteiger partial charge < -0.3 is 14.2 Å². The molecular weight excluding hydrogens is 172 g/mol. The molecule has 0 N–H and O–H groups in total. The molecule has 0 aromatic rings. The third kappa shape index (κ3) is 2.00. The van der Waals surface area contributed by atoms with Gasteiger partial charge in [0.15, 0.2) is 11.9 Å². The minimum absolute atomic E-state index is 0.300. The van der Waals surface area contributed by atoms with Crippen molar-refractivity contribution < 1.29 is 19.0 Å². The van der Waals surface area contributed by atoms with Crippen LogP contribution in [-0.2, 0) is 19.0 Å². The Morgan fingerprint density at radius 3 is 2.54 bits per heavy atom. The maximum absolute atomic E-state index is 11.1. The molecule has 1 atom stereocenters. The summed E-state index contributed by atoms with van der Waals surface area (Å²) in [5, 5.41) is 0. The lowest BCUT2D eigenvalue weighted by Gasteiger charge is -2.24. The molecule has 1 heterocycles. The van der Waals surface area contributed by atoms with Gasteiger partial charge in [-0.15, -0.1) is 0 Å². The maximum atomic E-state index is 11.1. The van der Waals surface area contributed by atoms with Crippen molar-refractivity contribution in [3.63, 3.8) is 0 Å². The van der Waals surface area contributed by atoms with Gasteiger partial charge in [-0.25, -0.2) is 4.79 Å². The molecule has 1 unspecified atom stereocenters. The van der Waals surface area contributed by atoms with E-state index in [4.69, 9.17) is 9.47 Å². The van der Waals surface area contributed by atoms with Crippen LogP contribution < -0.4 is 0 Å². The molecule has 0 aliphatic carbocycles. The van der Waals surface area contributed by atoms with E-state index in [1.54, 1.807) is 0 Å². The molecule has 1 aliphatic rings. The zero-order chi connectivity index (χ0) is 9.90. The van der Waals surface area contributed by atoms with Crippen LogP contribution in [0, 0.1) is 0 Å². The number of ether oxygens (including phenoxy) is 3. The van der Waals surface area contributed by atoms with Gasteiger partial charge in [0.25, 0.3) is 0 Å². The Kier molecular flexibility index (Phi) is 3.27. The van der Waals surface area contributed by atoms with E-state index < -0.39 is 11.9 Å². The first-order chi connectivity index (χ1) is 6.17. The van der Waals surface area contributed by atoms with Gasteiger partial charge in [-0.1, -0.05) is 13.8 Å². The lowest BCUT2D eigenvalue weighted by molar-refractivity contribution is -0.184. The molecule has 0 aromatic heterocycles. The topological polar surface area (TPSA) is 44.8 Å². The second-order valence-corrected chi connectivity index (χ2v) is 3.06. The summed E-state index contributed by atoms with van der Waals surface area (Å²) in [4.78, 5) is 11.1. The largest absolute Gasteiger partial charge is 0.467 e. The second-order valence-electron chi connectivity index (χ2n) is 3.06. The van der Waals surface area contributed by atoms with Crippen molar-refractivity contribution in [2.24, 2.45) is 0 Å². The highest BCUT2D eigenvalue weighted by Gasteiger charge is 2.42. The van der Waals surface area contributed by atoms with Gasteiger partial charge >= 0.3 is 5.97 Å². The Morgan fingerprint density at radius 1 is 1.54 bits per heavy atom. The maximum Gasteiger partial charge on any atom is 0.337 e. The van der Waals surface area contributed by atoms with Gasteiger partial charge in [0.2, 0.25) is 0 Å². The van der Waals surface area contributed by atoms with E-state index in [0.717, 1.165) is 12.8 Å². The first-order valence-corrected chi connectivity index (χ1v) is 4.57. The van der Waals surface area contributed by atoms with Crippen LogP contribution in [0.5, 0.6) is 0 Å². The van der Waals surface area contributed by atoms with Crippen molar-refractivity contribution in [1.29, 1.82) is 0 Å². The van der Waals surface area contributed by atoms with Crippen LogP contribution in [0.4, 0.5) is 0 Å². The zero-order valence-electron chi connectivity index (χ0n) is 8.33. The average Bonchev–Trinajstić information content (AvgIpc) is 2.61. The molecule has 1 saturated heterocycles. The first-order valence-electron chi connectivity index (χ1n) is 4.57. The average molecular weight is 188 g/mol. The highest BCUT2D eigenvalue weighted by molar-refractivity contribution is 5.74. The number of hydrogen-bond donors (Lipinski definition) is 0. The van der Waals surface area contributed by atoms with E-state index in [-0.39, 0.29) is 5.97 Å². The first kappa shape index (κ1) is 10.5. The van der Waals surface area contributed by atoms with E-state index in [9.17, 15) is 4.79 Å². The molecule has 0 radical (unpaired) electrons. The summed E-state index contributed by atoms with van der Waals surface area (Å²) in [6, 6.07) is 0. The molecule has 4 nitrogen and oxygen atoms in total. The van der Waals surface area contributed by atoms with Crippen LogP contribution >= 0.6 is 0 Å². The highest BCUT2D eigenvalue weighted by atomic mass is 16.8. The van der Waals surface area contributed by atoms with Crippen LogP contribution in [-0.4, -0.2) is 31.6 Å². The van der Waals surface area contributed by atoms with Crippen molar-refractivity contribution in [3.8, 4) is 0 Å². The van der Waals surface area contributed by atoms with Gasteiger partial charge in [0.1, 0.15) is 0 Å². The molecule has 13 heavy (non-hydrogen) atoms. The van der Waals surface area contributed by atoms with Gasteiger partial charge in [-0.2, -0.15) is 0 Å². The van der Waals surface area contributed by atoms with Gasteiger partial charge in [0, 0.05) is 0 Å². The van der Waals surface area contributed by atoms with Crippen LogP contribution in [0.25, 0.3) is 0 Å². The van der Waals surface area contributed by atoms with Crippen molar-refractivity contribution in [2.75, 3.05) is 13.7 Å². The molecule has 1 rings (SSSR count). The molecule has 76 valence electrons. The summed E-state index contributed by atoms with van der Waals surface area (Å²) in [5.41, 5.74) is 0. The normalized spacial score (nSPS) is 25.9. The smallest absolute Gasteiger partial charge is 0.337 e. The van der Waals surface area contributed by atoms with Crippen molar-refractivity contribution in [2.45, 2.75) is 38.6 Å². The fraction of sp³-hybridized carbons (Fsp3) is 0.889. The summed E-state index contributed by atoms with van der Waals surface area (Å²) < 4.78 is 15.5. The highest BCUT2D eigenvalue weighted by Crippen LogP contribution is 2.30. The molecule has 0 spiro atoms. The molecular formula is C9H16O4. The molecule has 0 amide bonds. The monoisotopic (exact) mass is 188 g/mol. The number of hydrogen-bond acceptors (Lipinski definition) is 4. The summed E-state index contributed by atoms with van der Waals surface area (Å²) >= 11 is 0. The quantitative estimate of drug-likeness (QED) is 0.622. The summed E-state index contributed by atoms with van der Waals surface area (Å²) in [6.45, 7) is 4.25. The predicted octanol–water partition coefficient (Wildman–Crippen LogP) is 1.09. The molecule has 0 bridgehead atoms. The molecule has 4 heteroatoms. The van der Waals surface area contributed by atoms with Crippen molar-refractivity contribution in [1.82, 2.24) is 0 Å². The Bertz CT molecular complexity index is 186. The minimum Gasteiger partial charge on any atom is -0.467 e. The third-order valence-corrected chi connectivity index (χ3v) is 2.40. The van der Waals surface area contributed by atoms with Crippen LogP contribution in [0.15, 0.2) is 0 Å². The Morgan fingerprint density at radius 2 is 2.15 bits per heavy atom. The van der Waals surface area contributed by atoms with Gasteiger partial charge in [0.05, 0.1) is 13.7 Å². The lowest BCUT2D eigenvalue weighted by Crippen LogP contribution is -2.31. The fourth-order valence-electron chi connectivity index (χ4n) is 1.42. The van der Waals surface area contributed by atoms with E-state index >= 15 is 0 Å². The number of carbonyl (C=O) groups excluding carboxylic acids is 1. The van der Waals surface area contributed by atoms with E-state index in [1.165, 1.54) is 7.11 Å². The van der Waals surface area contributed by atoms with E-state index in [2.05, 4.69) is 4.74 Å². The summed E-state index contributed by atoms with van der Waals surface area (Å²) in [6.07, 6.45) is 0.943. The fourth-order valence-corrected chi connectivity index (χ4v) is 1.42. The standard InChI is InChI=1S/C9H16O4/c1-4-9(5-2)12-6-7(13-9)8(10)11-3/h7H,4-6H2,1-3H3. The molecule has 1 fully saturated rings. The SMILES string of the molecule is CCC1(CC)OCC(C(=O)OC)O1. The molecule has 0 aromatic carbocycles. The molecule has 1 aliphatic heterocycles. The van der Waals surface area contributed by atoms with Crippen LogP contribution in [0.1, 0.15) is 26.7 Å². The lowest BCUT2D eigenvalue weighted by atomic mass is 10.1. The number of methoxy groups -OCH3 is 1. The van der Waals surface area contributed by atoms with E-state index in [0.29, 0.717) is 6.61 Å². The van der Waals surface area contributed by atoms with Crippen LogP contribution in [0.3, 0.4) is 0 Å². The molecule has 0 saturated carbocycles. The number of esters is 1. The van der Waals surface area contributed by atoms with Gasteiger partial charge in [-0.05, 0) is 12.8 Å². The zero-order valence-corrected chi connectivity index (χ0v) is 8.33. The Labute approximate surface area is 78.2 Å². The van der Waals surface area contributed by atoms with Crippen molar-refractivity contribution >= 4 is 5.97 Å². The predicted molar refractivity (Wildman–Crippen MR) is 46.2 cm³/mol. The second kappa shape index (κ2) is 4.07. The van der Waals surface area contributed by atoms with Gasteiger partial charge in [-0.3, -0.25) is 0 Å². The van der Waals surface area contributed by atoms with E-state index in [1.807, 2.05) is 13.8 Å². The Balaban J connectivity index is 2.56.